The molecule has 0 fully saturated rings. The third kappa shape index (κ3) is 4.03. The van der Waals surface area contributed by atoms with Gasteiger partial charge >= 0.3 is 0 Å². The van der Waals surface area contributed by atoms with E-state index in [4.69, 9.17) is 4.74 Å². The van der Waals surface area contributed by atoms with E-state index in [0.29, 0.717) is 5.56 Å². The van der Waals surface area contributed by atoms with Gasteiger partial charge in [0.15, 0.2) is 5.78 Å². The quantitative estimate of drug-likeness (QED) is 0.600. The van der Waals surface area contributed by atoms with E-state index in [1.54, 1.807) is 37.6 Å². The summed E-state index contributed by atoms with van der Waals surface area (Å²) in [6.07, 6.45) is 1.91. The van der Waals surface area contributed by atoms with Gasteiger partial charge in [-0.05, 0) is 42.5 Å². The van der Waals surface area contributed by atoms with Gasteiger partial charge in [0.05, 0.1) is 12.8 Å². The van der Waals surface area contributed by atoms with Crippen LogP contribution in [0, 0.1) is 0 Å². The Morgan fingerprint density at radius 3 is 2.65 bits per heavy atom. The fraction of sp³-hybridized carbons (Fsp3) is 0.125. The predicted octanol–water partition coefficient (Wildman–Crippen LogP) is 4.43. The number of rotatable bonds is 5. The van der Waals surface area contributed by atoms with Gasteiger partial charge in [0, 0.05) is 22.7 Å². The minimum Gasteiger partial charge on any atom is -0.497 e. The van der Waals surface area contributed by atoms with Crippen molar-refractivity contribution in [1.82, 2.24) is 0 Å². The van der Waals surface area contributed by atoms with E-state index in [0.717, 1.165) is 15.9 Å². The number of hydrogen-bond acceptors (Lipinski definition) is 3. The monoisotopic (exact) mass is 331 g/mol. The highest BCUT2D eigenvalue weighted by atomic mass is 79.9. The number of carbonyl (C=O) groups is 1. The van der Waals surface area contributed by atoms with Crippen LogP contribution in [-0.2, 0) is 0 Å². The largest absolute Gasteiger partial charge is 0.497 e. The molecule has 0 heterocycles. The lowest BCUT2D eigenvalue weighted by molar-refractivity contribution is 0.100. The van der Waals surface area contributed by atoms with Gasteiger partial charge in [0.1, 0.15) is 5.75 Å². The molecule has 0 amide bonds. The summed E-state index contributed by atoms with van der Waals surface area (Å²) in [6, 6.07) is 14.7. The Hall–Kier alpha value is -1.94. The smallest absolute Gasteiger partial charge is 0.168 e. The first kappa shape index (κ1) is 14.5. The van der Waals surface area contributed by atoms with Crippen LogP contribution in [0.2, 0.25) is 0 Å². The molecule has 20 heavy (non-hydrogen) atoms. The Bertz CT molecular complexity index is 621. The molecular formula is C16H14BrNO2. The zero-order chi connectivity index (χ0) is 14.4. The molecule has 0 spiro atoms. The van der Waals surface area contributed by atoms with Crippen LogP contribution >= 0.6 is 15.9 Å². The number of nitrogens with zero attached hydrogens (tertiary/aromatic N) is 1. The number of aliphatic imine (C=N–C) groups is 1. The Morgan fingerprint density at radius 1 is 1.25 bits per heavy atom. The van der Waals surface area contributed by atoms with E-state index in [9.17, 15) is 4.79 Å². The fourth-order valence-corrected chi connectivity index (χ4v) is 2.07. The van der Waals surface area contributed by atoms with Crippen molar-refractivity contribution in [1.29, 1.82) is 0 Å². The van der Waals surface area contributed by atoms with Gasteiger partial charge in [-0.25, -0.2) is 0 Å². The van der Waals surface area contributed by atoms with Gasteiger partial charge in [-0.1, -0.05) is 22.0 Å². The molecule has 0 saturated heterocycles. The summed E-state index contributed by atoms with van der Waals surface area (Å²) >= 11 is 3.38. The van der Waals surface area contributed by atoms with Crippen molar-refractivity contribution < 1.29 is 9.53 Å². The molecule has 0 aromatic heterocycles. The molecule has 0 aliphatic carbocycles. The summed E-state index contributed by atoms with van der Waals surface area (Å²) in [5.74, 6) is 0.774. The highest BCUT2D eigenvalue weighted by molar-refractivity contribution is 9.10. The van der Waals surface area contributed by atoms with E-state index in [1.165, 1.54) is 0 Å². The van der Waals surface area contributed by atoms with Crippen molar-refractivity contribution in [2.45, 2.75) is 6.42 Å². The van der Waals surface area contributed by atoms with Crippen molar-refractivity contribution >= 4 is 33.6 Å². The minimum atomic E-state index is 0.0337. The first-order chi connectivity index (χ1) is 9.69. The van der Waals surface area contributed by atoms with Crippen molar-refractivity contribution in [3.8, 4) is 5.75 Å². The molecule has 0 aliphatic heterocycles. The summed E-state index contributed by atoms with van der Waals surface area (Å²) in [5.41, 5.74) is 1.48. The molecule has 0 unspecified atom stereocenters. The Balaban J connectivity index is 1.97. The molecule has 2 aromatic rings. The minimum absolute atomic E-state index is 0.0337. The van der Waals surface area contributed by atoms with Crippen LogP contribution in [-0.4, -0.2) is 19.1 Å². The number of hydrogen-bond donors (Lipinski definition) is 0. The predicted molar refractivity (Wildman–Crippen MR) is 84.2 cm³/mol. The average molecular weight is 332 g/mol. The first-order valence-corrected chi connectivity index (χ1v) is 6.93. The molecule has 0 N–H and O–H groups in total. The number of carbonyl (C=O) groups excluding carboxylic acids is 1. The summed E-state index contributed by atoms with van der Waals surface area (Å²) in [6.45, 7) is 0. The van der Waals surface area contributed by atoms with Crippen LogP contribution in [0.4, 0.5) is 5.69 Å². The maximum atomic E-state index is 12.0. The Labute approximate surface area is 126 Å². The zero-order valence-corrected chi connectivity index (χ0v) is 12.6. The van der Waals surface area contributed by atoms with Crippen LogP contribution in [0.3, 0.4) is 0 Å². The third-order valence-electron chi connectivity index (χ3n) is 2.74. The van der Waals surface area contributed by atoms with Crippen LogP contribution in [0.1, 0.15) is 16.8 Å². The second kappa shape index (κ2) is 7.01. The topological polar surface area (TPSA) is 38.7 Å². The molecular weight excluding hydrogens is 318 g/mol. The van der Waals surface area contributed by atoms with E-state index in [1.807, 2.05) is 24.3 Å². The number of halogens is 1. The van der Waals surface area contributed by atoms with Gasteiger partial charge in [-0.2, -0.15) is 0 Å². The molecule has 0 radical (unpaired) electrons. The lowest BCUT2D eigenvalue weighted by Gasteiger charge is -2.01. The number of benzene rings is 2. The van der Waals surface area contributed by atoms with Crippen LogP contribution < -0.4 is 4.74 Å². The summed E-state index contributed by atoms with van der Waals surface area (Å²) in [5, 5.41) is 0. The van der Waals surface area contributed by atoms with Crippen molar-refractivity contribution in [3.05, 3.63) is 58.6 Å². The van der Waals surface area contributed by atoms with Gasteiger partial charge < -0.3 is 4.74 Å². The second-order valence-corrected chi connectivity index (χ2v) is 5.06. The van der Waals surface area contributed by atoms with E-state index in [-0.39, 0.29) is 12.2 Å². The van der Waals surface area contributed by atoms with Crippen molar-refractivity contribution in [3.63, 3.8) is 0 Å². The summed E-state index contributed by atoms with van der Waals surface area (Å²) in [7, 11) is 1.60. The maximum Gasteiger partial charge on any atom is 0.168 e. The van der Waals surface area contributed by atoms with Gasteiger partial charge in [0.2, 0.25) is 0 Å². The highest BCUT2D eigenvalue weighted by Gasteiger charge is 2.04. The molecule has 102 valence electrons. The number of Topliss-reactive ketones (excluding diaryl/α,β-unsaturated/α-hetero) is 1. The molecule has 0 saturated carbocycles. The normalized spacial score (nSPS) is 10.7. The van der Waals surface area contributed by atoms with Crippen LogP contribution in [0.15, 0.2) is 58.0 Å². The fourth-order valence-electron chi connectivity index (χ4n) is 1.69. The lowest BCUT2D eigenvalue weighted by atomic mass is 10.1. The molecule has 0 aliphatic rings. The molecule has 2 rings (SSSR count). The molecule has 0 atom stereocenters. The summed E-state index contributed by atoms with van der Waals surface area (Å²) < 4.78 is 6.02. The Kier molecular flexibility index (Phi) is 5.07. The SMILES string of the molecule is COc1ccc(C(=O)CC=Nc2cccc(Br)c2)cc1. The third-order valence-corrected chi connectivity index (χ3v) is 3.23. The van der Waals surface area contributed by atoms with Crippen molar-refractivity contribution in [2.75, 3.05) is 7.11 Å². The molecule has 4 heteroatoms. The summed E-state index contributed by atoms with van der Waals surface area (Å²) in [4.78, 5) is 16.2. The number of methoxy groups -OCH3 is 1. The van der Waals surface area contributed by atoms with Gasteiger partial charge in [0.25, 0.3) is 0 Å². The Morgan fingerprint density at radius 2 is 2.00 bits per heavy atom. The van der Waals surface area contributed by atoms with E-state index < -0.39 is 0 Å². The standard InChI is InChI=1S/C16H14BrNO2/c1-20-15-7-5-12(6-8-15)16(19)9-10-18-14-4-2-3-13(17)11-14/h2-8,10-11H,9H2,1H3. The van der Waals surface area contributed by atoms with E-state index >= 15 is 0 Å². The van der Waals surface area contributed by atoms with Gasteiger partial charge in [-0.3, -0.25) is 9.79 Å². The molecule has 0 bridgehead atoms. The van der Waals surface area contributed by atoms with E-state index in [2.05, 4.69) is 20.9 Å². The lowest BCUT2D eigenvalue weighted by Crippen LogP contribution is -1.99. The number of ether oxygens (including phenoxy) is 1. The first-order valence-electron chi connectivity index (χ1n) is 6.14. The zero-order valence-electron chi connectivity index (χ0n) is 11.0. The maximum absolute atomic E-state index is 12.0. The second-order valence-electron chi connectivity index (χ2n) is 4.15. The van der Waals surface area contributed by atoms with Crippen molar-refractivity contribution in [2.24, 2.45) is 4.99 Å². The molecule has 2 aromatic carbocycles. The van der Waals surface area contributed by atoms with Crippen LogP contribution in [0.25, 0.3) is 0 Å². The van der Waals surface area contributed by atoms with Crippen LogP contribution in [0.5, 0.6) is 5.75 Å². The van der Waals surface area contributed by atoms with Gasteiger partial charge in [-0.15, -0.1) is 0 Å². The highest BCUT2D eigenvalue weighted by Crippen LogP contribution is 2.18. The average Bonchev–Trinajstić information content (AvgIpc) is 2.47. The molecule has 3 nitrogen and oxygen atoms in total. The number of ketones is 1.